The minimum absolute atomic E-state index is 0.101. The van der Waals surface area contributed by atoms with Crippen LogP contribution in [0.3, 0.4) is 0 Å². The van der Waals surface area contributed by atoms with Crippen molar-refractivity contribution in [3.05, 3.63) is 65.7 Å². The molecule has 0 aliphatic heterocycles. The normalized spacial score (nSPS) is 12.1. The maximum Gasteiger partial charge on any atom is 0.243 e. The molecular weight excluding hydrogens is 757 g/mol. The third-order valence-corrected chi connectivity index (χ3v) is 9.97. The lowest BCUT2D eigenvalue weighted by atomic mass is 10.0. The van der Waals surface area contributed by atoms with Gasteiger partial charge in [-0.25, -0.2) is 0 Å². The Morgan fingerprint density at radius 3 is 1.55 bits per heavy atom. The molecule has 0 aliphatic carbocycles. The molecule has 3 atom stereocenters. The molecule has 0 saturated heterocycles. The number of amides is 5. The largest absolute Gasteiger partial charge is 0.508 e. The topological polar surface area (TPSA) is 206 Å². The average molecular weight is 839 g/mol. The Labute approximate surface area is 362 Å². The minimum atomic E-state index is -0.750. The van der Waals surface area contributed by atoms with E-state index in [0.717, 1.165) is 36.9 Å². The summed E-state index contributed by atoms with van der Waals surface area (Å²) >= 11 is 0. The summed E-state index contributed by atoms with van der Waals surface area (Å²) in [7, 11) is 1.98. The van der Waals surface area contributed by atoms with E-state index in [1.54, 1.807) is 31.2 Å². The van der Waals surface area contributed by atoms with Gasteiger partial charge in [0.05, 0.1) is 0 Å². The van der Waals surface area contributed by atoms with E-state index in [-0.39, 0.29) is 35.8 Å². The van der Waals surface area contributed by atoms with Crippen LogP contribution in [0.4, 0.5) is 0 Å². The molecule has 0 spiro atoms. The van der Waals surface area contributed by atoms with Crippen LogP contribution in [-0.4, -0.2) is 66.4 Å². The fraction of sp³-hybridized carbons (Fsp3) is 0.646. The van der Waals surface area contributed by atoms with E-state index in [0.29, 0.717) is 25.7 Å². The number of aryl methyl sites for hydroxylation is 1. The number of hydrogen-bond acceptors (Lipinski definition) is 7. The molecule has 60 heavy (non-hydrogen) atoms. The van der Waals surface area contributed by atoms with E-state index in [9.17, 15) is 29.1 Å². The standard InChI is InChI=1S/C25H49N3O3.C18H20N2O3.C5H13N/c1-5-6-7-8-9-10-11-12-13-14-15-16-17-18-23(29)28-22(19-20(2)3)25(31)27-21(4)24(26)30;19-18(23)16(12-14-4-2-1-3-5-14)20-17(22)11-8-13-6-9-15(21)10-7-13;1-3-4-5-6-2/h20-22H,5-19H2,1-4H3,(H2,26,30)(H,27,31)(H,28,29);1-7,9-10,16,21H,8,11-12H2,(H2,19,23)(H,20,22);6H,3-5H2,1-2H3/t21?,22-;;/m0../s1. The number of nitrogens with two attached hydrogens (primary N) is 2. The number of carbonyl (C=O) groups is 5. The minimum Gasteiger partial charge on any atom is -0.508 e. The maximum absolute atomic E-state index is 12.4. The first kappa shape index (κ1) is 55.5. The van der Waals surface area contributed by atoms with Crippen molar-refractivity contribution in [1.82, 2.24) is 21.3 Å². The van der Waals surface area contributed by atoms with Crippen molar-refractivity contribution in [2.45, 2.75) is 181 Å². The summed E-state index contributed by atoms with van der Waals surface area (Å²) in [6.45, 7) is 11.1. The summed E-state index contributed by atoms with van der Waals surface area (Å²) in [6.07, 6.45) is 21.2. The first-order valence-electron chi connectivity index (χ1n) is 22.7. The highest BCUT2D eigenvalue weighted by molar-refractivity contribution is 5.91. The van der Waals surface area contributed by atoms with Gasteiger partial charge in [-0.05, 0) is 75.4 Å². The molecule has 2 rings (SSSR count). The summed E-state index contributed by atoms with van der Waals surface area (Å²) in [5.74, 6) is -1.37. The number of benzene rings is 2. The summed E-state index contributed by atoms with van der Waals surface area (Å²) in [4.78, 5) is 59.4. The zero-order valence-corrected chi connectivity index (χ0v) is 38.0. The molecule has 12 heteroatoms. The number of aromatic hydroxyl groups is 1. The second-order valence-electron chi connectivity index (χ2n) is 16.2. The Morgan fingerprint density at radius 2 is 1.08 bits per heavy atom. The highest BCUT2D eigenvalue weighted by Gasteiger charge is 2.24. The Morgan fingerprint density at radius 1 is 0.583 bits per heavy atom. The monoisotopic (exact) mass is 839 g/mol. The van der Waals surface area contributed by atoms with E-state index in [1.807, 2.05) is 51.2 Å². The van der Waals surface area contributed by atoms with Gasteiger partial charge in [0.25, 0.3) is 0 Å². The second-order valence-corrected chi connectivity index (χ2v) is 16.2. The number of primary amides is 2. The Kier molecular flexibility index (Phi) is 33.7. The van der Waals surface area contributed by atoms with Crippen LogP contribution in [-0.2, 0) is 36.8 Å². The van der Waals surface area contributed by atoms with E-state index < -0.39 is 29.9 Å². The van der Waals surface area contributed by atoms with Gasteiger partial charge in [0, 0.05) is 19.3 Å². The van der Waals surface area contributed by atoms with Crippen LogP contribution < -0.4 is 32.7 Å². The lowest BCUT2D eigenvalue weighted by Gasteiger charge is -2.21. The van der Waals surface area contributed by atoms with Crippen LogP contribution in [0, 0.1) is 5.92 Å². The van der Waals surface area contributed by atoms with Crippen molar-refractivity contribution >= 4 is 29.5 Å². The van der Waals surface area contributed by atoms with Crippen molar-refractivity contribution < 1.29 is 29.1 Å². The highest BCUT2D eigenvalue weighted by atomic mass is 16.3. The van der Waals surface area contributed by atoms with Crippen molar-refractivity contribution in [1.29, 1.82) is 0 Å². The zero-order valence-electron chi connectivity index (χ0n) is 38.0. The van der Waals surface area contributed by atoms with Gasteiger partial charge in [0.2, 0.25) is 29.5 Å². The predicted molar refractivity (Wildman–Crippen MR) is 245 cm³/mol. The van der Waals surface area contributed by atoms with Crippen molar-refractivity contribution in [3.8, 4) is 5.75 Å². The quantitative estimate of drug-likeness (QED) is 0.0394. The van der Waals surface area contributed by atoms with Crippen LogP contribution >= 0.6 is 0 Å². The molecule has 0 aromatic heterocycles. The molecule has 2 unspecified atom stereocenters. The summed E-state index contributed by atoms with van der Waals surface area (Å²) in [6, 6.07) is 14.0. The molecular formula is C48H82N6O6. The van der Waals surface area contributed by atoms with Crippen molar-refractivity contribution in [2.24, 2.45) is 17.4 Å². The molecule has 340 valence electrons. The van der Waals surface area contributed by atoms with E-state index >= 15 is 0 Å². The molecule has 2 aromatic rings. The number of unbranched alkanes of at least 4 members (excludes halogenated alkanes) is 13. The number of nitrogens with one attached hydrogen (secondary N) is 4. The SMILES string of the molecule is CCCCCCCCCCCCCCCC(=O)N[C@@H](CC(C)C)C(=O)NC(C)C(N)=O.CCCCNC.NC(=O)C(Cc1ccccc1)NC(=O)CCc1ccc(O)cc1. The molecule has 0 fully saturated rings. The zero-order chi connectivity index (χ0) is 45.0. The Balaban J connectivity index is 0.00000105. The Bertz CT molecular complexity index is 1420. The summed E-state index contributed by atoms with van der Waals surface area (Å²) in [5.41, 5.74) is 12.5. The number of carbonyl (C=O) groups excluding carboxylic acids is 5. The van der Waals surface area contributed by atoms with Gasteiger partial charge >= 0.3 is 0 Å². The number of hydrogen-bond donors (Lipinski definition) is 7. The van der Waals surface area contributed by atoms with Gasteiger partial charge in [-0.1, -0.05) is 154 Å². The van der Waals surface area contributed by atoms with Crippen LogP contribution in [0.1, 0.15) is 161 Å². The molecule has 0 aliphatic rings. The van der Waals surface area contributed by atoms with Crippen molar-refractivity contribution in [3.63, 3.8) is 0 Å². The fourth-order valence-electron chi connectivity index (χ4n) is 6.27. The number of phenolic OH excluding ortho intramolecular Hbond substituents is 1. The van der Waals surface area contributed by atoms with Gasteiger partial charge in [-0.2, -0.15) is 0 Å². The fourth-order valence-corrected chi connectivity index (χ4v) is 6.27. The maximum atomic E-state index is 12.4. The Hall–Kier alpha value is -4.45. The van der Waals surface area contributed by atoms with Gasteiger partial charge in [-0.3, -0.25) is 24.0 Å². The molecule has 5 amide bonds. The smallest absolute Gasteiger partial charge is 0.243 e. The van der Waals surface area contributed by atoms with Crippen LogP contribution in [0.25, 0.3) is 0 Å². The van der Waals surface area contributed by atoms with Gasteiger partial charge in [0.1, 0.15) is 23.9 Å². The summed E-state index contributed by atoms with van der Waals surface area (Å²) in [5, 5.41) is 20.4. The first-order chi connectivity index (χ1) is 28.7. The molecule has 0 bridgehead atoms. The summed E-state index contributed by atoms with van der Waals surface area (Å²) < 4.78 is 0. The molecule has 0 saturated carbocycles. The van der Waals surface area contributed by atoms with Crippen LogP contribution in [0.2, 0.25) is 0 Å². The average Bonchev–Trinajstić information content (AvgIpc) is 3.21. The first-order valence-corrected chi connectivity index (χ1v) is 22.7. The molecule has 12 nitrogen and oxygen atoms in total. The van der Waals surface area contributed by atoms with E-state index in [2.05, 4.69) is 35.1 Å². The number of rotatable bonds is 30. The van der Waals surface area contributed by atoms with E-state index in [1.165, 1.54) is 77.0 Å². The third-order valence-electron chi connectivity index (χ3n) is 9.97. The van der Waals surface area contributed by atoms with Crippen LogP contribution in [0.5, 0.6) is 5.75 Å². The van der Waals surface area contributed by atoms with E-state index in [4.69, 9.17) is 11.5 Å². The van der Waals surface area contributed by atoms with Gasteiger partial charge in [-0.15, -0.1) is 0 Å². The third kappa shape index (κ3) is 31.5. The second kappa shape index (κ2) is 36.4. The van der Waals surface area contributed by atoms with Gasteiger partial charge < -0.3 is 37.8 Å². The molecule has 0 heterocycles. The number of phenols is 1. The van der Waals surface area contributed by atoms with Crippen molar-refractivity contribution in [2.75, 3.05) is 13.6 Å². The predicted octanol–water partition coefficient (Wildman–Crippen LogP) is 7.53. The van der Waals surface area contributed by atoms with Crippen LogP contribution in [0.15, 0.2) is 54.6 Å². The molecule has 0 radical (unpaired) electrons. The van der Waals surface area contributed by atoms with Gasteiger partial charge in [0.15, 0.2) is 0 Å². The highest BCUT2D eigenvalue weighted by Crippen LogP contribution is 2.14. The molecule has 9 N–H and O–H groups in total. The lowest BCUT2D eigenvalue weighted by Crippen LogP contribution is -2.52. The molecule has 2 aromatic carbocycles. The lowest BCUT2D eigenvalue weighted by molar-refractivity contribution is -0.131.